The van der Waals surface area contributed by atoms with Gasteiger partial charge in [0.25, 0.3) is 0 Å². The Kier molecular flexibility index (Phi) is 8.27. The zero-order valence-electron chi connectivity index (χ0n) is 14.7. The van der Waals surface area contributed by atoms with Crippen molar-refractivity contribution in [3.8, 4) is 11.3 Å². The number of furan rings is 1. The van der Waals surface area contributed by atoms with Gasteiger partial charge in [-0.05, 0) is 37.2 Å². The molecule has 0 saturated carbocycles. The zero-order chi connectivity index (χ0) is 16.4. The molecule has 4 nitrogen and oxygen atoms in total. The molecule has 0 spiro atoms. The van der Waals surface area contributed by atoms with E-state index in [2.05, 4.69) is 21.2 Å². The van der Waals surface area contributed by atoms with Gasteiger partial charge in [-0.2, -0.15) is 0 Å². The molecule has 1 N–H and O–H groups in total. The first kappa shape index (κ1) is 21.5. The molecule has 7 heteroatoms. The Morgan fingerprint density at radius 3 is 2.58 bits per heavy atom. The summed E-state index contributed by atoms with van der Waals surface area (Å²) in [6.07, 6.45) is 1.29. The van der Waals surface area contributed by atoms with Crippen molar-refractivity contribution in [3.63, 3.8) is 0 Å². The number of rotatable bonds is 4. The van der Waals surface area contributed by atoms with Gasteiger partial charge < -0.3 is 9.73 Å². The minimum Gasteiger partial charge on any atom is -0.460 e. The summed E-state index contributed by atoms with van der Waals surface area (Å²) < 4.78 is 6.03. The highest BCUT2D eigenvalue weighted by atomic mass is 35.5. The van der Waals surface area contributed by atoms with Crippen LogP contribution in [0.2, 0.25) is 5.02 Å². The molecule has 0 bridgehead atoms. The molecule has 1 aromatic carbocycles. The average Bonchev–Trinajstić information content (AvgIpc) is 3.27. The van der Waals surface area contributed by atoms with Gasteiger partial charge in [-0.3, -0.25) is 9.80 Å². The van der Waals surface area contributed by atoms with Crippen molar-refractivity contribution in [2.75, 3.05) is 39.3 Å². The molecule has 2 aliphatic heterocycles. The second-order valence-electron chi connectivity index (χ2n) is 6.74. The minimum atomic E-state index is 0. The first-order valence-electron chi connectivity index (χ1n) is 8.80. The van der Waals surface area contributed by atoms with E-state index in [1.807, 2.05) is 30.3 Å². The number of hydrogen-bond donors (Lipinski definition) is 1. The lowest BCUT2D eigenvalue weighted by Crippen LogP contribution is -2.50. The predicted octanol–water partition coefficient (Wildman–Crippen LogP) is 3.92. The summed E-state index contributed by atoms with van der Waals surface area (Å²) in [5.41, 5.74) is 1.03. The van der Waals surface area contributed by atoms with E-state index < -0.39 is 0 Å². The van der Waals surface area contributed by atoms with Crippen LogP contribution in [0.15, 0.2) is 40.8 Å². The quantitative estimate of drug-likeness (QED) is 0.815. The minimum absolute atomic E-state index is 0. The van der Waals surface area contributed by atoms with Crippen molar-refractivity contribution in [2.45, 2.75) is 19.0 Å². The third-order valence-electron chi connectivity index (χ3n) is 5.11. The number of piperazine rings is 1. The molecule has 4 rings (SSSR count). The van der Waals surface area contributed by atoms with E-state index >= 15 is 0 Å². The summed E-state index contributed by atoms with van der Waals surface area (Å²) in [6, 6.07) is 12.7. The molecule has 144 valence electrons. The molecule has 0 amide bonds. The van der Waals surface area contributed by atoms with Gasteiger partial charge in [0.1, 0.15) is 11.5 Å². The van der Waals surface area contributed by atoms with Crippen LogP contribution in [0.4, 0.5) is 0 Å². The second-order valence-corrected chi connectivity index (χ2v) is 7.17. The molecular weight excluding hydrogens is 393 g/mol. The summed E-state index contributed by atoms with van der Waals surface area (Å²) in [7, 11) is 0. The van der Waals surface area contributed by atoms with Gasteiger partial charge in [-0.15, -0.1) is 24.8 Å². The summed E-state index contributed by atoms with van der Waals surface area (Å²) in [6.45, 7) is 7.76. The number of nitrogens with one attached hydrogen (secondary N) is 1. The standard InChI is InChI=1S/C19H24ClN3O.2ClH/c20-16-3-1-2-15(12-16)19-5-4-18(24-19)14-22-8-10-23(11-9-22)17-6-7-21-13-17;;/h1-5,12,17,21H,6-11,13-14H2;2*1H. The Labute approximate surface area is 172 Å². The fourth-order valence-electron chi connectivity index (χ4n) is 3.72. The van der Waals surface area contributed by atoms with E-state index in [9.17, 15) is 0 Å². The Hall–Kier alpha value is -0.750. The summed E-state index contributed by atoms with van der Waals surface area (Å²) in [5, 5.41) is 4.20. The van der Waals surface area contributed by atoms with Crippen LogP contribution in [0, 0.1) is 0 Å². The lowest BCUT2D eigenvalue weighted by molar-refractivity contribution is 0.0938. The van der Waals surface area contributed by atoms with Gasteiger partial charge in [0.2, 0.25) is 0 Å². The highest BCUT2D eigenvalue weighted by Crippen LogP contribution is 2.25. The van der Waals surface area contributed by atoms with E-state index in [0.29, 0.717) is 0 Å². The number of halogens is 3. The maximum Gasteiger partial charge on any atom is 0.134 e. The summed E-state index contributed by atoms with van der Waals surface area (Å²) in [4.78, 5) is 5.12. The maximum absolute atomic E-state index is 6.07. The maximum atomic E-state index is 6.07. The third-order valence-corrected chi connectivity index (χ3v) is 5.34. The van der Waals surface area contributed by atoms with Crippen molar-refractivity contribution in [3.05, 3.63) is 47.2 Å². The van der Waals surface area contributed by atoms with Crippen LogP contribution in [0.5, 0.6) is 0 Å². The molecule has 2 saturated heterocycles. The van der Waals surface area contributed by atoms with E-state index in [1.165, 1.54) is 13.0 Å². The Morgan fingerprint density at radius 1 is 1.08 bits per heavy atom. The number of hydrogen-bond acceptors (Lipinski definition) is 4. The lowest BCUT2D eigenvalue weighted by atomic mass is 10.2. The summed E-state index contributed by atoms with van der Waals surface area (Å²) in [5.74, 6) is 1.92. The van der Waals surface area contributed by atoms with Crippen molar-refractivity contribution in [2.24, 2.45) is 0 Å². The molecule has 1 atom stereocenters. The average molecular weight is 419 g/mol. The fourth-order valence-corrected chi connectivity index (χ4v) is 3.91. The third kappa shape index (κ3) is 5.16. The van der Waals surface area contributed by atoms with Crippen molar-refractivity contribution < 1.29 is 4.42 Å². The van der Waals surface area contributed by atoms with Crippen LogP contribution in [-0.4, -0.2) is 55.1 Å². The largest absolute Gasteiger partial charge is 0.460 e. The lowest BCUT2D eigenvalue weighted by Gasteiger charge is -2.37. The SMILES string of the molecule is Cl.Cl.Clc1cccc(-c2ccc(CN3CCN(C4CCNC4)CC3)o2)c1. The first-order valence-corrected chi connectivity index (χ1v) is 9.17. The monoisotopic (exact) mass is 417 g/mol. The van der Waals surface area contributed by atoms with Gasteiger partial charge in [-0.1, -0.05) is 23.7 Å². The number of benzene rings is 1. The molecule has 2 aromatic rings. The van der Waals surface area contributed by atoms with Gasteiger partial charge in [0.15, 0.2) is 0 Å². The molecule has 1 unspecified atom stereocenters. The van der Waals surface area contributed by atoms with Gasteiger partial charge in [0.05, 0.1) is 6.54 Å². The molecule has 2 fully saturated rings. The van der Waals surface area contributed by atoms with Crippen molar-refractivity contribution >= 4 is 36.4 Å². The first-order chi connectivity index (χ1) is 11.8. The highest BCUT2D eigenvalue weighted by Gasteiger charge is 2.26. The zero-order valence-corrected chi connectivity index (χ0v) is 17.1. The van der Waals surface area contributed by atoms with E-state index in [0.717, 1.165) is 67.4 Å². The predicted molar refractivity (Wildman–Crippen MR) is 112 cm³/mol. The van der Waals surface area contributed by atoms with Crippen molar-refractivity contribution in [1.82, 2.24) is 15.1 Å². The van der Waals surface area contributed by atoms with Crippen LogP contribution >= 0.6 is 36.4 Å². The fraction of sp³-hybridized carbons (Fsp3) is 0.474. The highest BCUT2D eigenvalue weighted by molar-refractivity contribution is 6.30. The van der Waals surface area contributed by atoms with Crippen LogP contribution in [0.25, 0.3) is 11.3 Å². The molecule has 0 radical (unpaired) electrons. The molecule has 3 heterocycles. The smallest absolute Gasteiger partial charge is 0.134 e. The Bertz CT molecular complexity index is 680. The van der Waals surface area contributed by atoms with E-state index in [1.54, 1.807) is 0 Å². The number of nitrogens with zero attached hydrogens (tertiary/aromatic N) is 2. The van der Waals surface area contributed by atoms with Crippen LogP contribution in [-0.2, 0) is 6.54 Å². The molecule has 1 aromatic heterocycles. The van der Waals surface area contributed by atoms with Crippen LogP contribution in [0.1, 0.15) is 12.2 Å². The van der Waals surface area contributed by atoms with Crippen molar-refractivity contribution in [1.29, 1.82) is 0 Å². The van der Waals surface area contributed by atoms with E-state index in [4.69, 9.17) is 16.0 Å². The Balaban J connectivity index is 0.00000121. The normalized spacial score (nSPS) is 21.2. The Morgan fingerprint density at radius 2 is 1.88 bits per heavy atom. The summed E-state index contributed by atoms with van der Waals surface area (Å²) >= 11 is 6.07. The van der Waals surface area contributed by atoms with Crippen LogP contribution < -0.4 is 5.32 Å². The molecule has 2 aliphatic rings. The topological polar surface area (TPSA) is 31.6 Å². The van der Waals surface area contributed by atoms with Crippen LogP contribution in [0.3, 0.4) is 0 Å². The van der Waals surface area contributed by atoms with Gasteiger partial charge in [0, 0.05) is 49.4 Å². The second kappa shape index (κ2) is 9.98. The molecular formula is C19H26Cl3N3O. The van der Waals surface area contributed by atoms with E-state index in [-0.39, 0.29) is 24.8 Å². The molecule has 26 heavy (non-hydrogen) atoms. The molecule has 0 aliphatic carbocycles. The van der Waals surface area contributed by atoms with Gasteiger partial charge in [-0.25, -0.2) is 0 Å². The van der Waals surface area contributed by atoms with Gasteiger partial charge >= 0.3 is 0 Å².